The summed E-state index contributed by atoms with van der Waals surface area (Å²) >= 11 is 0. The zero-order valence-electron chi connectivity index (χ0n) is 15.5. The number of aryl methyl sites for hydroxylation is 2. The number of rotatable bonds is 3. The highest BCUT2D eigenvalue weighted by Gasteiger charge is 2.32. The van der Waals surface area contributed by atoms with E-state index in [-0.39, 0.29) is 17.5 Å². The third kappa shape index (κ3) is 3.00. The van der Waals surface area contributed by atoms with E-state index in [0.717, 1.165) is 56.3 Å². The number of nitrogens with one attached hydrogen (secondary N) is 1. The number of carbonyl (C=O) groups is 1. The first-order valence-corrected chi connectivity index (χ1v) is 9.90. The van der Waals surface area contributed by atoms with Crippen LogP contribution in [-0.2, 0) is 19.4 Å². The molecule has 4 rings (SSSR count). The molecule has 0 aromatic carbocycles. The van der Waals surface area contributed by atoms with Gasteiger partial charge in [0.15, 0.2) is 0 Å². The molecule has 138 valence electrons. The number of hydrogen-bond donors (Lipinski definition) is 1. The second kappa shape index (κ2) is 7.14. The van der Waals surface area contributed by atoms with Crippen LogP contribution in [0.1, 0.15) is 72.4 Å². The fraction of sp³-hybridized carbons (Fsp3) is 0.524. The van der Waals surface area contributed by atoms with Crippen LogP contribution in [0.15, 0.2) is 29.2 Å². The average Bonchev–Trinajstić information content (AvgIpc) is 3.00. The Morgan fingerprint density at radius 3 is 2.92 bits per heavy atom. The van der Waals surface area contributed by atoms with Gasteiger partial charge in [0.1, 0.15) is 5.56 Å². The maximum atomic E-state index is 13.3. The number of aromatic nitrogens is 2. The van der Waals surface area contributed by atoms with Crippen molar-refractivity contribution in [3.05, 3.63) is 57.3 Å². The Hall–Kier alpha value is -2.30. The predicted octanol–water partition coefficient (Wildman–Crippen LogP) is 3.44. The van der Waals surface area contributed by atoms with Crippen molar-refractivity contribution in [2.75, 3.05) is 6.54 Å². The van der Waals surface area contributed by atoms with Crippen LogP contribution in [0.25, 0.3) is 0 Å². The Balaban J connectivity index is 1.69. The first kappa shape index (κ1) is 17.1. The van der Waals surface area contributed by atoms with E-state index in [4.69, 9.17) is 0 Å². The summed E-state index contributed by atoms with van der Waals surface area (Å²) in [5.74, 6) is -0.121. The molecule has 1 aliphatic heterocycles. The SMILES string of the molecule is CCC[C@@H]1c2cccn2CCN1C(=O)c1cc2c([nH]c1=O)CCCCC2. The highest BCUT2D eigenvalue weighted by atomic mass is 16.2. The Morgan fingerprint density at radius 2 is 2.08 bits per heavy atom. The van der Waals surface area contributed by atoms with Gasteiger partial charge in [0.2, 0.25) is 0 Å². The second-order valence-electron chi connectivity index (χ2n) is 7.51. The number of nitrogens with zero attached hydrogens (tertiary/aromatic N) is 2. The summed E-state index contributed by atoms with van der Waals surface area (Å²) in [6.45, 7) is 3.58. The molecular formula is C21H27N3O2. The number of fused-ring (bicyclic) bond motifs is 2. The Bertz CT molecular complexity index is 864. The van der Waals surface area contributed by atoms with Gasteiger partial charge in [-0.15, -0.1) is 0 Å². The Kier molecular flexibility index (Phi) is 4.70. The summed E-state index contributed by atoms with van der Waals surface area (Å²) in [5, 5.41) is 0. The molecule has 1 N–H and O–H groups in total. The molecule has 2 aromatic heterocycles. The lowest BCUT2D eigenvalue weighted by Gasteiger charge is -2.37. The zero-order valence-corrected chi connectivity index (χ0v) is 15.5. The van der Waals surface area contributed by atoms with Gasteiger partial charge >= 0.3 is 0 Å². The third-order valence-electron chi connectivity index (χ3n) is 5.81. The first-order chi connectivity index (χ1) is 12.7. The number of aromatic amines is 1. The van der Waals surface area contributed by atoms with Crippen molar-refractivity contribution in [1.29, 1.82) is 0 Å². The molecule has 0 saturated carbocycles. The van der Waals surface area contributed by atoms with Gasteiger partial charge in [-0.1, -0.05) is 19.8 Å². The van der Waals surface area contributed by atoms with E-state index >= 15 is 0 Å². The molecule has 1 aliphatic carbocycles. The van der Waals surface area contributed by atoms with Crippen LogP contribution in [0.4, 0.5) is 0 Å². The fourth-order valence-electron chi connectivity index (χ4n) is 4.45. The minimum absolute atomic E-state index is 0.0504. The molecule has 5 heteroatoms. The molecule has 5 nitrogen and oxygen atoms in total. The molecule has 26 heavy (non-hydrogen) atoms. The van der Waals surface area contributed by atoms with Crippen molar-refractivity contribution in [3.63, 3.8) is 0 Å². The van der Waals surface area contributed by atoms with E-state index < -0.39 is 0 Å². The van der Waals surface area contributed by atoms with Crippen molar-refractivity contribution in [2.24, 2.45) is 0 Å². The fourth-order valence-corrected chi connectivity index (χ4v) is 4.45. The van der Waals surface area contributed by atoms with Gasteiger partial charge < -0.3 is 14.5 Å². The molecule has 0 saturated heterocycles. The molecule has 1 amide bonds. The molecular weight excluding hydrogens is 326 g/mol. The Labute approximate surface area is 154 Å². The van der Waals surface area contributed by atoms with E-state index in [1.807, 2.05) is 17.0 Å². The minimum Gasteiger partial charge on any atom is -0.348 e. The van der Waals surface area contributed by atoms with Gasteiger partial charge in [-0.25, -0.2) is 0 Å². The highest BCUT2D eigenvalue weighted by Crippen LogP contribution is 2.31. The van der Waals surface area contributed by atoms with Crippen LogP contribution in [0.2, 0.25) is 0 Å². The van der Waals surface area contributed by atoms with Crippen LogP contribution < -0.4 is 5.56 Å². The average molecular weight is 353 g/mol. The van der Waals surface area contributed by atoms with Gasteiger partial charge in [-0.3, -0.25) is 9.59 Å². The van der Waals surface area contributed by atoms with E-state index in [2.05, 4.69) is 28.7 Å². The topological polar surface area (TPSA) is 58.1 Å². The molecule has 1 atom stereocenters. The lowest BCUT2D eigenvalue weighted by Crippen LogP contribution is -2.43. The smallest absolute Gasteiger partial charge is 0.261 e. The van der Waals surface area contributed by atoms with E-state index in [1.165, 1.54) is 12.1 Å². The lowest BCUT2D eigenvalue weighted by molar-refractivity contribution is 0.0609. The second-order valence-corrected chi connectivity index (χ2v) is 7.51. The maximum Gasteiger partial charge on any atom is 0.261 e. The van der Waals surface area contributed by atoms with Gasteiger partial charge in [0.25, 0.3) is 11.5 Å². The van der Waals surface area contributed by atoms with E-state index in [9.17, 15) is 9.59 Å². The first-order valence-electron chi connectivity index (χ1n) is 9.90. The summed E-state index contributed by atoms with van der Waals surface area (Å²) in [6, 6.07) is 6.06. The van der Waals surface area contributed by atoms with Crippen molar-refractivity contribution in [1.82, 2.24) is 14.5 Å². The van der Waals surface area contributed by atoms with Crippen LogP contribution in [0.5, 0.6) is 0 Å². The molecule has 2 aliphatic rings. The summed E-state index contributed by atoms with van der Waals surface area (Å²) in [7, 11) is 0. The van der Waals surface area contributed by atoms with Gasteiger partial charge in [-0.05, 0) is 55.9 Å². The highest BCUT2D eigenvalue weighted by molar-refractivity contribution is 5.94. The van der Waals surface area contributed by atoms with Crippen LogP contribution in [-0.4, -0.2) is 26.9 Å². The molecule has 3 heterocycles. The van der Waals surface area contributed by atoms with Crippen molar-refractivity contribution in [2.45, 2.75) is 64.5 Å². The summed E-state index contributed by atoms with van der Waals surface area (Å²) in [4.78, 5) is 30.9. The number of carbonyl (C=O) groups excluding carboxylic acids is 1. The monoisotopic (exact) mass is 353 g/mol. The third-order valence-corrected chi connectivity index (χ3v) is 5.81. The van der Waals surface area contributed by atoms with E-state index in [1.54, 1.807) is 0 Å². The van der Waals surface area contributed by atoms with Gasteiger partial charge in [0, 0.05) is 30.7 Å². The molecule has 0 spiro atoms. The number of amides is 1. The molecule has 0 radical (unpaired) electrons. The summed E-state index contributed by atoms with van der Waals surface area (Å²) in [5.41, 5.74) is 3.44. The molecule has 0 unspecified atom stereocenters. The van der Waals surface area contributed by atoms with E-state index in [0.29, 0.717) is 12.1 Å². The number of H-pyrrole nitrogens is 1. The van der Waals surface area contributed by atoms with Crippen molar-refractivity contribution in [3.8, 4) is 0 Å². The largest absolute Gasteiger partial charge is 0.348 e. The van der Waals surface area contributed by atoms with Crippen LogP contribution in [0.3, 0.4) is 0 Å². The standard InChI is InChI=1S/C21H27N3O2/c1-2-7-19-18-10-6-11-23(18)12-13-24(19)21(26)16-14-15-8-4-3-5-9-17(15)22-20(16)25/h6,10-11,14,19H,2-5,7-9,12-13H2,1H3,(H,22,25)/t19-/m1/s1. The summed E-state index contributed by atoms with van der Waals surface area (Å²) in [6.07, 6.45) is 9.28. The van der Waals surface area contributed by atoms with Crippen LogP contribution in [0, 0.1) is 0 Å². The number of hydrogen-bond acceptors (Lipinski definition) is 2. The Morgan fingerprint density at radius 1 is 1.23 bits per heavy atom. The maximum absolute atomic E-state index is 13.3. The quantitative estimate of drug-likeness (QED) is 0.859. The molecule has 0 fully saturated rings. The molecule has 0 bridgehead atoms. The van der Waals surface area contributed by atoms with Crippen LogP contribution >= 0.6 is 0 Å². The zero-order chi connectivity index (χ0) is 18.1. The normalized spacial score (nSPS) is 19.6. The van der Waals surface area contributed by atoms with Crippen molar-refractivity contribution >= 4 is 5.91 Å². The molecule has 2 aromatic rings. The minimum atomic E-state index is -0.230. The van der Waals surface area contributed by atoms with Gasteiger partial charge in [0.05, 0.1) is 6.04 Å². The predicted molar refractivity (Wildman–Crippen MR) is 101 cm³/mol. The van der Waals surface area contributed by atoms with Crippen molar-refractivity contribution < 1.29 is 4.79 Å². The lowest BCUT2D eigenvalue weighted by atomic mass is 10.0. The van der Waals surface area contributed by atoms with Gasteiger partial charge in [-0.2, -0.15) is 0 Å². The summed E-state index contributed by atoms with van der Waals surface area (Å²) < 4.78 is 2.23. The number of pyridine rings is 1.